The number of phenolic OH excluding ortho intramolecular Hbond substituents is 2. The molecule has 0 aliphatic rings. The van der Waals surface area contributed by atoms with Gasteiger partial charge in [0.15, 0.2) is 31.1 Å². The highest BCUT2D eigenvalue weighted by atomic mass is 32.3. The van der Waals surface area contributed by atoms with E-state index in [2.05, 4.69) is 28.8 Å². The van der Waals surface area contributed by atoms with Crippen LogP contribution in [-0.2, 0) is 48.8 Å². The van der Waals surface area contributed by atoms with E-state index in [0.717, 1.165) is 36.4 Å². The largest absolute Gasteiger partial charge is 0.505 e. The molecule has 3 rings (SSSR count). The number of carbonyl (C=O) groups is 1. The van der Waals surface area contributed by atoms with Crippen LogP contribution in [0.2, 0.25) is 0 Å². The minimum Gasteiger partial charge on any atom is -0.505 e. The number of azo groups is 2. The second kappa shape index (κ2) is 14.6. The lowest BCUT2D eigenvalue weighted by molar-refractivity contribution is 0.0696. The normalized spacial score (nSPS) is 13.0. The summed E-state index contributed by atoms with van der Waals surface area (Å²) < 4.78 is 117. The van der Waals surface area contributed by atoms with Gasteiger partial charge in [-0.25, -0.2) is 30.0 Å². The summed E-state index contributed by atoms with van der Waals surface area (Å²) in [6.07, 6.45) is 0. The second-order valence-corrected chi connectivity index (χ2v) is 15.2. The van der Waals surface area contributed by atoms with Gasteiger partial charge in [0.1, 0.15) is 11.4 Å². The van der Waals surface area contributed by atoms with E-state index < -0.39 is 99.6 Å². The third kappa shape index (κ3) is 10.8. The molecule has 0 saturated carbocycles. The molecule has 20 nitrogen and oxygen atoms in total. The predicted octanol–water partition coefficient (Wildman–Crippen LogP) is 2.81. The van der Waals surface area contributed by atoms with Gasteiger partial charge in [0, 0.05) is 0 Å². The van der Waals surface area contributed by atoms with E-state index >= 15 is 0 Å². The van der Waals surface area contributed by atoms with Gasteiger partial charge in [-0.2, -0.15) is 27.1 Å². The quantitative estimate of drug-likeness (QED) is 0.110. The number of nitrogens with zero attached hydrogens (tertiary/aromatic N) is 4. The fourth-order valence-corrected chi connectivity index (χ4v) is 6.42. The lowest BCUT2D eigenvalue weighted by atomic mass is 10.1. The van der Waals surface area contributed by atoms with Gasteiger partial charge in [-0.3, -0.25) is 9.11 Å². The van der Waals surface area contributed by atoms with Gasteiger partial charge in [-0.1, -0.05) is 6.07 Å². The van der Waals surface area contributed by atoms with Crippen molar-refractivity contribution in [3.05, 3.63) is 60.2 Å². The molecule has 0 aromatic heterocycles. The molecule has 0 atom stereocenters. The fraction of sp³-hybridized carbons (Fsp3) is 0.174. The summed E-state index contributed by atoms with van der Waals surface area (Å²) in [5, 5.41) is 45.4. The maximum absolute atomic E-state index is 12.5. The van der Waals surface area contributed by atoms with Crippen LogP contribution in [0.5, 0.6) is 11.5 Å². The zero-order valence-corrected chi connectivity index (χ0v) is 26.4. The molecule has 0 bridgehead atoms. The fourth-order valence-electron chi connectivity index (χ4n) is 3.41. The summed E-state index contributed by atoms with van der Waals surface area (Å²) in [6, 6.07) is 9.69. The van der Waals surface area contributed by atoms with Gasteiger partial charge in [-0.05, 0) is 48.5 Å². The highest BCUT2D eigenvalue weighted by Gasteiger charge is 2.23. The average molecular weight is 739 g/mol. The van der Waals surface area contributed by atoms with Crippen molar-refractivity contribution in [2.75, 3.05) is 24.7 Å². The van der Waals surface area contributed by atoms with Crippen molar-refractivity contribution in [1.29, 1.82) is 0 Å². The number of sulfone groups is 2. The number of hydrogen-bond acceptors (Lipinski definition) is 17. The van der Waals surface area contributed by atoms with E-state index in [4.69, 9.17) is 9.11 Å². The van der Waals surface area contributed by atoms with E-state index in [1.54, 1.807) is 0 Å². The topological polar surface area (TPSA) is 323 Å². The standard InChI is InChI=1S/C23H22N4O16S4/c28-19-13-18(23(30)31)20(26-25-15-2-1-3-17(12-15)45(34,35)11-9-43-47(39,40)41)22(29)21(19)27-24-14-4-6-16(7-5-14)44(32,33)10-8-42-46(36,37)38/h1-7,12-13,28-29H,8-11H2,(H,30,31)(H,36,37,38)(H,39,40,41). The van der Waals surface area contributed by atoms with Gasteiger partial charge in [0.05, 0.1) is 51.4 Å². The monoisotopic (exact) mass is 738 g/mol. The van der Waals surface area contributed by atoms with Gasteiger partial charge >= 0.3 is 26.8 Å². The number of phenols is 2. The summed E-state index contributed by atoms with van der Waals surface area (Å²) in [5.41, 5.74) is -2.36. The number of benzene rings is 3. The van der Waals surface area contributed by atoms with Gasteiger partial charge in [0.2, 0.25) is 0 Å². The molecule has 0 amide bonds. The highest BCUT2D eigenvalue weighted by molar-refractivity contribution is 7.91. The molecule has 0 heterocycles. The summed E-state index contributed by atoms with van der Waals surface area (Å²) in [5.74, 6) is -5.19. The number of hydrogen-bond donors (Lipinski definition) is 5. The first kappa shape index (κ1) is 37.0. The van der Waals surface area contributed by atoms with Crippen LogP contribution in [0.1, 0.15) is 10.4 Å². The Bertz CT molecular complexity index is 2170. The van der Waals surface area contributed by atoms with Crippen molar-refractivity contribution < 1.29 is 71.3 Å². The van der Waals surface area contributed by atoms with Gasteiger partial charge < -0.3 is 15.3 Å². The number of carboxylic acids is 1. The molecular formula is C23H22N4O16S4. The maximum atomic E-state index is 12.5. The molecule has 0 aliphatic carbocycles. The number of rotatable bonds is 15. The van der Waals surface area contributed by atoms with Crippen molar-refractivity contribution in [3.8, 4) is 11.5 Å². The molecule has 24 heteroatoms. The van der Waals surface area contributed by atoms with Gasteiger partial charge in [-0.15, -0.1) is 10.2 Å². The number of aromatic hydroxyl groups is 2. The Morgan fingerprint density at radius 3 is 1.68 bits per heavy atom. The predicted molar refractivity (Wildman–Crippen MR) is 157 cm³/mol. The zero-order valence-electron chi connectivity index (χ0n) is 23.2. The summed E-state index contributed by atoms with van der Waals surface area (Å²) in [7, 11) is -17.9. The first-order chi connectivity index (χ1) is 21.7. The smallest absolute Gasteiger partial charge is 0.397 e. The van der Waals surface area contributed by atoms with E-state index in [0.29, 0.717) is 6.07 Å². The van der Waals surface area contributed by atoms with Crippen LogP contribution >= 0.6 is 0 Å². The molecule has 0 saturated heterocycles. The molecule has 47 heavy (non-hydrogen) atoms. The first-order valence-corrected chi connectivity index (χ1v) is 18.3. The van der Waals surface area contributed by atoms with Crippen LogP contribution in [0.15, 0.2) is 84.8 Å². The van der Waals surface area contributed by atoms with Crippen LogP contribution in [0.3, 0.4) is 0 Å². The Morgan fingerprint density at radius 1 is 0.638 bits per heavy atom. The molecule has 0 unspecified atom stereocenters. The van der Waals surface area contributed by atoms with Crippen LogP contribution in [0, 0.1) is 0 Å². The van der Waals surface area contributed by atoms with Crippen LogP contribution in [0.4, 0.5) is 22.7 Å². The Morgan fingerprint density at radius 2 is 1.15 bits per heavy atom. The van der Waals surface area contributed by atoms with Crippen LogP contribution in [0.25, 0.3) is 0 Å². The summed E-state index contributed by atoms with van der Waals surface area (Å²) in [4.78, 5) is 11.1. The van der Waals surface area contributed by atoms with Crippen molar-refractivity contribution in [3.63, 3.8) is 0 Å². The molecule has 0 aliphatic heterocycles. The third-order valence-corrected chi connectivity index (χ3v) is 9.83. The summed E-state index contributed by atoms with van der Waals surface area (Å²) in [6.45, 7) is -1.75. The minimum absolute atomic E-state index is 0.0255. The lowest BCUT2D eigenvalue weighted by Crippen LogP contribution is -2.15. The highest BCUT2D eigenvalue weighted by Crippen LogP contribution is 2.46. The Hall–Kier alpha value is -4.43. The molecule has 3 aromatic rings. The SMILES string of the molecule is O=C(O)c1cc(O)c(N=Nc2ccc(S(=O)(=O)CCOS(=O)(=O)O)cc2)c(O)c1N=Nc1cccc(S(=O)(=O)CCOS(=O)(=O)O)c1. The zero-order chi connectivity index (χ0) is 35.2. The van der Waals surface area contributed by atoms with Crippen molar-refractivity contribution in [2.45, 2.75) is 9.79 Å². The van der Waals surface area contributed by atoms with Crippen LogP contribution < -0.4 is 0 Å². The molecule has 5 N–H and O–H groups in total. The third-order valence-electron chi connectivity index (χ3n) is 5.53. The Balaban J connectivity index is 1.88. The average Bonchev–Trinajstić information content (AvgIpc) is 2.95. The van der Waals surface area contributed by atoms with Crippen molar-refractivity contribution in [1.82, 2.24) is 0 Å². The maximum Gasteiger partial charge on any atom is 0.397 e. The Kier molecular flexibility index (Phi) is 11.5. The number of aromatic carboxylic acids is 1. The van der Waals surface area contributed by atoms with E-state index in [1.165, 1.54) is 12.1 Å². The molecule has 0 spiro atoms. The summed E-state index contributed by atoms with van der Waals surface area (Å²) >= 11 is 0. The lowest BCUT2D eigenvalue weighted by Gasteiger charge is -2.08. The number of carboxylic acid groups (broad SMARTS) is 1. The van der Waals surface area contributed by atoms with E-state index in [9.17, 15) is 53.8 Å². The van der Waals surface area contributed by atoms with Crippen molar-refractivity contribution >= 4 is 69.2 Å². The minimum atomic E-state index is -4.88. The molecule has 254 valence electrons. The van der Waals surface area contributed by atoms with Gasteiger partial charge in [0.25, 0.3) is 0 Å². The first-order valence-electron chi connectivity index (χ1n) is 12.2. The molecule has 0 fully saturated rings. The van der Waals surface area contributed by atoms with E-state index in [1.807, 2.05) is 0 Å². The van der Waals surface area contributed by atoms with Crippen molar-refractivity contribution in [2.24, 2.45) is 20.5 Å². The van der Waals surface area contributed by atoms with Crippen LogP contribution in [-0.4, -0.2) is 88.8 Å². The van der Waals surface area contributed by atoms with E-state index in [-0.39, 0.29) is 21.2 Å². The molecule has 0 radical (unpaired) electrons. The molecular weight excluding hydrogens is 717 g/mol. The molecule has 3 aromatic carbocycles. The second-order valence-electron chi connectivity index (χ2n) is 8.82. The Labute approximate surface area is 266 Å².